The second-order valence-electron chi connectivity index (χ2n) is 5.00. The predicted molar refractivity (Wildman–Crippen MR) is 91.3 cm³/mol. The third-order valence-corrected chi connectivity index (χ3v) is 4.41. The SMILES string of the molecule is CNC(c1ccc(Cl)c(Cl)c1)c1ccc2ccccc2c1. The van der Waals surface area contributed by atoms with Crippen LogP contribution >= 0.6 is 23.2 Å². The molecule has 1 nitrogen and oxygen atoms in total. The summed E-state index contributed by atoms with van der Waals surface area (Å²) in [4.78, 5) is 0. The van der Waals surface area contributed by atoms with Crippen LogP contribution in [0, 0.1) is 0 Å². The van der Waals surface area contributed by atoms with Gasteiger partial charge in [0.25, 0.3) is 0 Å². The molecule has 0 fully saturated rings. The largest absolute Gasteiger partial charge is 0.309 e. The van der Waals surface area contributed by atoms with Crippen molar-refractivity contribution in [2.24, 2.45) is 0 Å². The Morgan fingerprint density at radius 3 is 2.14 bits per heavy atom. The number of hydrogen-bond donors (Lipinski definition) is 1. The predicted octanol–water partition coefficient (Wildman–Crippen LogP) is 5.46. The molecule has 3 aromatic rings. The van der Waals surface area contributed by atoms with Gasteiger partial charge < -0.3 is 5.32 Å². The summed E-state index contributed by atoms with van der Waals surface area (Å²) in [7, 11) is 1.95. The average Bonchev–Trinajstić information content (AvgIpc) is 2.51. The van der Waals surface area contributed by atoms with Gasteiger partial charge in [-0.05, 0) is 47.1 Å². The lowest BCUT2D eigenvalue weighted by Crippen LogP contribution is -2.17. The van der Waals surface area contributed by atoms with Crippen LogP contribution in [0.5, 0.6) is 0 Å². The molecule has 0 aliphatic heterocycles. The Morgan fingerprint density at radius 1 is 0.762 bits per heavy atom. The lowest BCUT2D eigenvalue weighted by atomic mass is 9.96. The molecule has 0 aliphatic carbocycles. The quantitative estimate of drug-likeness (QED) is 0.677. The number of fused-ring (bicyclic) bond motifs is 1. The summed E-state index contributed by atoms with van der Waals surface area (Å²) in [6.45, 7) is 0. The molecule has 0 radical (unpaired) electrons. The second-order valence-corrected chi connectivity index (χ2v) is 5.82. The first-order valence-corrected chi connectivity index (χ1v) is 7.55. The first-order valence-electron chi connectivity index (χ1n) is 6.80. The van der Waals surface area contributed by atoms with Gasteiger partial charge in [0, 0.05) is 0 Å². The van der Waals surface area contributed by atoms with Crippen molar-refractivity contribution in [2.45, 2.75) is 6.04 Å². The summed E-state index contributed by atoms with van der Waals surface area (Å²) < 4.78 is 0. The third-order valence-electron chi connectivity index (χ3n) is 3.67. The van der Waals surface area contributed by atoms with Crippen LogP contribution in [0.25, 0.3) is 10.8 Å². The van der Waals surface area contributed by atoms with Crippen molar-refractivity contribution >= 4 is 34.0 Å². The van der Waals surface area contributed by atoms with Gasteiger partial charge in [0.05, 0.1) is 16.1 Å². The molecule has 0 heterocycles. The maximum Gasteiger partial charge on any atom is 0.0595 e. The summed E-state index contributed by atoms with van der Waals surface area (Å²) in [5.74, 6) is 0. The van der Waals surface area contributed by atoms with Crippen LogP contribution in [0.2, 0.25) is 10.0 Å². The molecular formula is C18H15Cl2N. The maximum absolute atomic E-state index is 6.14. The molecule has 0 spiro atoms. The Morgan fingerprint density at radius 2 is 1.43 bits per heavy atom. The Kier molecular flexibility index (Phi) is 4.16. The molecule has 0 amide bonds. The summed E-state index contributed by atoms with van der Waals surface area (Å²) >= 11 is 12.1. The van der Waals surface area contributed by atoms with Gasteiger partial charge in [0.2, 0.25) is 0 Å². The fraction of sp³-hybridized carbons (Fsp3) is 0.111. The van der Waals surface area contributed by atoms with E-state index in [1.54, 1.807) is 0 Å². The van der Waals surface area contributed by atoms with E-state index in [4.69, 9.17) is 23.2 Å². The summed E-state index contributed by atoms with van der Waals surface area (Å²) in [5.41, 5.74) is 2.30. The number of benzene rings is 3. The maximum atomic E-state index is 6.14. The normalized spacial score (nSPS) is 12.5. The molecule has 1 unspecified atom stereocenters. The third kappa shape index (κ3) is 2.91. The molecule has 1 N–H and O–H groups in total. The Hall–Kier alpha value is -1.54. The smallest absolute Gasteiger partial charge is 0.0595 e. The summed E-state index contributed by atoms with van der Waals surface area (Å²) in [5, 5.41) is 6.97. The van der Waals surface area contributed by atoms with Crippen LogP contribution in [-0.2, 0) is 0 Å². The number of nitrogens with one attached hydrogen (secondary N) is 1. The van der Waals surface area contributed by atoms with Crippen molar-refractivity contribution in [1.29, 1.82) is 0 Å². The van der Waals surface area contributed by atoms with E-state index in [9.17, 15) is 0 Å². The zero-order valence-electron chi connectivity index (χ0n) is 11.6. The van der Waals surface area contributed by atoms with Gasteiger partial charge in [-0.25, -0.2) is 0 Å². The van der Waals surface area contributed by atoms with Crippen LogP contribution in [-0.4, -0.2) is 7.05 Å². The highest BCUT2D eigenvalue weighted by atomic mass is 35.5. The molecule has 0 saturated heterocycles. The number of halogens is 2. The van der Waals surface area contributed by atoms with E-state index < -0.39 is 0 Å². The Bertz CT molecular complexity index is 783. The molecule has 3 heteroatoms. The van der Waals surface area contributed by atoms with Crippen molar-refractivity contribution in [2.75, 3.05) is 7.05 Å². The molecule has 0 saturated carbocycles. The fourth-order valence-electron chi connectivity index (χ4n) is 2.61. The fourth-order valence-corrected chi connectivity index (χ4v) is 2.91. The first kappa shape index (κ1) is 14.4. The Labute approximate surface area is 134 Å². The van der Waals surface area contributed by atoms with E-state index in [0.29, 0.717) is 10.0 Å². The molecule has 0 aromatic heterocycles. The highest BCUT2D eigenvalue weighted by Gasteiger charge is 2.13. The second kappa shape index (κ2) is 6.07. The first-order chi connectivity index (χ1) is 10.2. The van der Waals surface area contributed by atoms with Gasteiger partial charge in [-0.3, -0.25) is 0 Å². The molecule has 0 bridgehead atoms. The minimum atomic E-state index is 0.0874. The minimum Gasteiger partial charge on any atom is -0.309 e. The molecule has 3 rings (SSSR count). The van der Waals surface area contributed by atoms with Crippen LogP contribution in [0.1, 0.15) is 17.2 Å². The molecule has 106 valence electrons. The van der Waals surface area contributed by atoms with Crippen molar-refractivity contribution in [3.05, 3.63) is 81.8 Å². The Balaban J connectivity index is 2.06. The van der Waals surface area contributed by atoms with Gasteiger partial charge in [-0.2, -0.15) is 0 Å². The van der Waals surface area contributed by atoms with Gasteiger partial charge in [0.15, 0.2) is 0 Å². The molecule has 21 heavy (non-hydrogen) atoms. The van der Waals surface area contributed by atoms with Gasteiger partial charge >= 0.3 is 0 Å². The van der Waals surface area contributed by atoms with Crippen LogP contribution in [0.15, 0.2) is 60.7 Å². The summed E-state index contributed by atoms with van der Waals surface area (Å²) in [6, 6.07) is 20.7. The zero-order valence-corrected chi connectivity index (χ0v) is 13.1. The molecular weight excluding hydrogens is 301 g/mol. The van der Waals surface area contributed by atoms with E-state index in [2.05, 4.69) is 47.8 Å². The van der Waals surface area contributed by atoms with E-state index in [1.165, 1.54) is 16.3 Å². The number of hydrogen-bond acceptors (Lipinski definition) is 1. The molecule has 1 atom stereocenters. The van der Waals surface area contributed by atoms with Crippen molar-refractivity contribution in [3.8, 4) is 0 Å². The monoisotopic (exact) mass is 315 g/mol. The van der Waals surface area contributed by atoms with Gasteiger partial charge in [-0.15, -0.1) is 0 Å². The number of rotatable bonds is 3. The average molecular weight is 316 g/mol. The molecule has 0 aliphatic rings. The lowest BCUT2D eigenvalue weighted by molar-refractivity contribution is 0.693. The van der Waals surface area contributed by atoms with Crippen molar-refractivity contribution < 1.29 is 0 Å². The highest BCUT2D eigenvalue weighted by molar-refractivity contribution is 6.42. The molecule has 3 aromatic carbocycles. The topological polar surface area (TPSA) is 12.0 Å². The van der Waals surface area contributed by atoms with E-state index in [-0.39, 0.29) is 6.04 Å². The lowest BCUT2D eigenvalue weighted by Gasteiger charge is -2.18. The van der Waals surface area contributed by atoms with E-state index in [0.717, 1.165) is 5.56 Å². The van der Waals surface area contributed by atoms with Crippen LogP contribution in [0.4, 0.5) is 0 Å². The standard InChI is InChI=1S/C18H15Cl2N/c1-21-18(15-8-9-16(19)17(20)11-15)14-7-6-12-4-2-3-5-13(12)10-14/h2-11,18,21H,1H3. The zero-order chi connectivity index (χ0) is 14.8. The van der Waals surface area contributed by atoms with Crippen molar-refractivity contribution in [1.82, 2.24) is 5.32 Å². The van der Waals surface area contributed by atoms with Gasteiger partial charge in [-0.1, -0.05) is 65.7 Å². The minimum absolute atomic E-state index is 0.0874. The van der Waals surface area contributed by atoms with E-state index >= 15 is 0 Å². The van der Waals surface area contributed by atoms with Gasteiger partial charge in [0.1, 0.15) is 0 Å². The summed E-state index contributed by atoms with van der Waals surface area (Å²) in [6.07, 6.45) is 0. The van der Waals surface area contributed by atoms with E-state index in [1.807, 2.05) is 25.2 Å². The van der Waals surface area contributed by atoms with Crippen LogP contribution in [0.3, 0.4) is 0 Å². The highest BCUT2D eigenvalue weighted by Crippen LogP contribution is 2.30. The van der Waals surface area contributed by atoms with Crippen LogP contribution < -0.4 is 5.32 Å². The van der Waals surface area contributed by atoms with Crippen molar-refractivity contribution in [3.63, 3.8) is 0 Å².